The van der Waals surface area contributed by atoms with E-state index in [0.717, 1.165) is 56.8 Å². The number of likely N-dealkylation sites (N-methyl/N-ethyl adjacent to an activating group) is 1. The summed E-state index contributed by atoms with van der Waals surface area (Å²) in [5.74, 6) is 1.49. The molecule has 12 nitrogen and oxygen atoms in total. The van der Waals surface area contributed by atoms with Crippen LogP contribution in [-0.4, -0.2) is 77.5 Å². The average molecular weight is 585 g/mol. The molecule has 12 heteroatoms. The second kappa shape index (κ2) is 12.7. The molecule has 1 amide bonds. The van der Waals surface area contributed by atoms with Crippen LogP contribution in [0.25, 0.3) is 11.0 Å². The highest BCUT2D eigenvalue weighted by Crippen LogP contribution is 2.36. The van der Waals surface area contributed by atoms with Crippen molar-refractivity contribution in [3.63, 3.8) is 0 Å². The molecule has 2 aliphatic rings. The molecular weight excluding hydrogens is 548 g/mol. The summed E-state index contributed by atoms with van der Waals surface area (Å²) >= 11 is 0. The maximum atomic E-state index is 11.8. The van der Waals surface area contributed by atoms with Crippen LogP contribution in [0.4, 0.5) is 23.0 Å². The molecule has 2 N–H and O–H groups in total. The molecule has 2 aromatic carbocycles. The minimum absolute atomic E-state index is 0.225. The predicted octanol–water partition coefficient (Wildman–Crippen LogP) is 4.95. The van der Waals surface area contributed by atoms with E-state index >= 15 is 0 Å². The number of anilines is 4. The zero-order valence-electron chi connectivity index (χ0n) is 24.5. The van der Waals surface area contributed by atoms with Crippen LogP contribution in [0.5, 0.6) is 17.4 Å². The van der Waals surface area contributed by atoms with E-state index in [4.69, 9.17) is 24.2 Å². The minimum Gasteiger partial charge on any atom is -0.494 e. The Labute approximate surface area is 250 Å². The lowest BCUT2D eigenvalue weighted by molar-refractivity contribution is -0.111. The Morgan fingerprint density at radius 2 is 1.98 bits per heavy atom. The number of amides is 1. The normalized spacial score (nSPS) is 17.4. The fourth-order valence-corrected chi connectivity index (χ4v) is 5.27. The Bertz CT molecular complexity index is 1610. The first-order valence-corrected chi connectivity index (χ1v) is 14.5. The van der Waals surface area contributed by atoms with E-state index in [1.54, 1.807) is 42.3 Å². The maximum absolute atomic E-state index is 11.8. The van der Waals surface area contributed by atoms with Gasteiger partial charge in [-0.25, -0.2) is 4.68 Å². The van der Waals surface area contributed by atoms with E-state index in [1.807, 2.05) is 12.1 Å². The number of carbonyl (C=O) groups excluding carboxylic acids is 1. The fraction of sp³-hybridized carbons (Fsp3) is 0.355. The number of nitrogens with zero attached hydrogens (tertiary/aromatic N) is 6. The molecule has 6 rings (SSSR count). The molecule has 4 aromatic rings. The van der Waals surface area contributed by atoms with Gasteiger partial charge in [0.05, 0.1) is 19.0 Å². The van der Waals surface area contributed by atoms with Gasteiger partial charge in [0.15, 0.2) is 11.9 Å². The van der Waals surface area contributed by atoms with Crippen LogP contribution in [0.3, 0.4) is 0 Å². The van der Waals surface area contributed by atoms with E-state index in [1.165, 1.54) is 6.08 Å². The summed E-state index contributed by atoms with van der Waals surface area (Å²) in [5.41, 5.74) is 2.98. The van der Waals surface area contributed by atoms with Crippen molar-refractivity contribution in [2.45, 2.75) is 25.5 Å². The van der Waals surface area contributed by atoms with Gasteiger partial charge in [-0.3, -0.25) is 4.79 Å². The third-order valence-corrected chi connectivity index (χ3v) is 7.65. The molecule has 0 aliphatic carbocycles. The number of nitrogens with one attached hydrogen (secondary N) is 2. The summed E-state index contributed by atoms with van der Waals surface area (Å²) in [4.78, 5) is 26.1. The highest BCUT2D eigenvalue weighted by Gasteiger charge is 2.23. The molecule has 1 unspecified atom stereocenters. The van der Waals surface area contributed by atoms with E-state index in [-0.39, 0.29) is 12.1 Å². The third kappa shape index (κ3) is 6.40. The zero-order chi connectivity index (χ0) is 29.8. The van der Waals surface area contributed by atoms with E-state index in [9.17, 15) is 4.79 Å². The topological polar surface area (TPSA) is 119 Å². The van der Waals surface area contributed by atoms with Crippen LogP contribution in [0.1, 0.15) is 25.5 Å². The summed E-state index contributed by atoms with van der Waals surface area (Å²) < 4.78 is 19.9. The number of rotatable bonds is 9. The van der Waals surface area contributed by atoms with Crippen molar-refractivity contribution in [3.8, 4) is 17.4 Å². The number of aromatic nitrogens is 4. The second-order valence-electron chi connectivity index (χ2n) is 10.6. The minimum atomic E-state index is -0.311. The summed E-state index contributed by atoms with van der Waals surface area (Å²) in [5, 5.41) is 11.4. The van der Waals surface area contributed by atoms with Gasteiger partial charge in [0.25, 0.3) is 0 Å². The Morgan fingerprint density at radius 1 is 1.12 bits per heavy atom. The molecule has 224 valence electrons. The van der Waals surface area contributed by atoms with Crippen molar-refractivity contribution >= 4 is 40.0 Å². The summed E-state index contributed by atoms with van der Waals surface area (Å²) in [6, 6.07) is 13.2. The smallest absolute Gasteiger partial charge is 0.247 e. The quantitative estimate of drug-likeness (QED) is 0.262. The lowest BCUT2D eigenvalue weighted by Crippen LogP contribution is -2.44. The number of carbonyl (C=O) groups is 1. The molecular formula is C31H36N8O4. The first-order valence-electron chi connectivity index (χ1n) is 14.5. The van der Waals surface area contributed by atoms with Crippen molar-refractivity contribution < 1.29 is 19.0 Å². The summed E-state index contributed by atoms with van der Waals surface area (Å²) in [6.45, 7) is 8.13. The Kier molecular flexibility index (Phi) is 8.38. The number of methoxy groups -OCH3 is 1. The molecule has 0 radical (unpaired) electrons. The number of fused-ring (bicyclic) bond motifs is 1. The van der Waals surface area contributed by atoms with Gasteiger partial charge in [-0.2, -0.15) is 15.1 Å². The monoisotopic (exact) mass is 584 g/mol. The number of piperazine rings is 1. The fourth-order valence-electron chi connectivity index (χ4n) is 5.27. The van der Waals surface area contributed by atoms with Gasteiger partial charge < -0.3 is 34.6 Å². The molecule has 4 heterocycles. The third-order valence-electron chi connectivity index (χ3n) is 7.65. The van der Waals surface area contributed by atoms with Crippen LogP contribution in [0, 0.1) is 0 Å². The van der Waals surface area contributed by atoms with E-state index < -0.39 is 0 Å². The molecule has 0 saturated carbocycles. The Hall–Kier alpha value is -4.68. The van der Waals surface area contributed by atoms with Gasteiger partial charge >= 0.3 is 0 Å². The Morgan fingerprint density at radius 3 is 2.74 bits per heavy atom. The zero-order valence-corrected chi connectivity index (χ0v) is 24.5. The van der Waals surface area contributed by atoms with E-state index in [0.29, 0.717) is 46.7 Å². The van der Waals surface area contributed by atoms with Gasteiger partial charge in [0.2, 0.25) is 17.7 Å². The molecule has 1 atom stereocenters. The van der Waals surface area contributed by atoms with Gasteiger partial charge in [-0.1, -0.05) is 12.6 Å². The molecule has 2 aromatic heterocycles. The molecule has 0 spiro atoms. The van der Waals surface area contributed by atoms with Crippen molar-refractivity contribution in [1.82, 2.24) is 24.6 Å². The lowest BCUT2D eigenvalue weighted by atomic mass is 10.2. The summed E-state index contributed by atoms with van der Waals surface area (Å²) in [6.07, 6.45) is 5.59. The first kappa shape index (κ1) is 28.4. The highest BCUT2D eigenvalue weighted by molar-refractivity contribution is 5.99. The Balaban J connectivity index is 1.34. The van der Waals surface area contributed by atoms with Gasteiger partial charge in [0.1, 0.15) is 16.9 Å². The SMILES string of the molecule is C=CC(=O)Nc1cccc(Oc2nc(Nc3ccc(N4CCN(C)CC4)cc3OC)nc3c2cnn3C2CCCCO2)c1. The number of hydrogen-bond acceptors (Lipinski definition) is 10. The lowest BCUT2D eigenvalue weighted by Gasteiger charge is -2.34. The highest BCUT2D eigenvalue weighted by atomic mass is 16.5. The largest absolute Gasteiger partial charge is 0.494 e. The van der Waals surface area contributed by atoms with Crippen LogP contribution in [0.15, 0.2) is 61.3 Å². The van der Waals surface area contributed by atoms with Crippen LogP contribution >= 0.6 is 0 Å². The number of ether oxygens (including phenoxy) is 3. The molecule has 0 bridgehead atoms. The molecule has 2 aliphatic heterocycles. The standard InChI is InChI=1S/C31H36N8O4/c1-4-27(40)33-21-8-7-9-23(18-21)43-30-24-20-32-39(28-10-5-6-17-42-28)29(24)35-31(36-30)34-25-12-11-22(19-26(25)41-3)38-15-13-37(2)14-16-38/h4,7-9,11-12,18-20,28H,1,5-6,10,13-17H2,2-3H3,(H,33,40)(H,34,35,36). The number of hydrogen-bond donors (Lipinski definition) is 2. The average Bonchev–Trinajstić information content (AvgIpc) is 3.46. The van der Waals surface area contributed by atoms with Crippen molar-refractivity contribution in [2.24, 2.45) is 0 Å². The number of benzene rings is 2. The van der Waals surface area contributed by atoms with Crippen molar-refractivity contribution in [3.05, 3.63) is 61.3 Å². The van der Waals surface area contributed by atoms with Crippen molar-refractivity contribution in [1.29, 1.82) is 0 Å². The predicted molar refractivity (Wildman–Crippen MR) is 165 cm³/mol. The van der Waals surface area contributed by atoms with Gasteiger partial charge in [0, 0.05) is 56.3 Å². The second-order valence-corrected chi connectivity index (χ2v) is 10.6. The van der Waals surface area contributed by atoms with E-state index in [2.05, 4.69) is 45.2 Å². The van der Waals surface area contributed by atoms with Crippen LogP contribution in [0.2, 0.25) is 0 Å². The van der Waals surface area contributed by atoms with Gasteiger partial charge in [-0.05, 0) is 56.7 Å². The summed E-state index contributed by atoms with van der Waals surface area (Å²) in [7, 11) is 3.80. The van der Waals surface area contributed by atoms with Crippen LogP contribution < -0.4 is 25.0 Å². The first-order chi connectivity index (χ1) is 21.0. The van der Waals surface area contributed by atoms with Crippen molar-refractivity contribution in [2.75, 3.05) is 62.5 Å². The van der Waals surface area contributed by atoms with Crippen LogP contribution in [-0.2, 0) is 9.53 Å². The molecule has 2 fully saturated rings. The van der Waals surface area contributed by atoms with Gasteiger partial charge in [-0.15, -0.1) is 0 Å². The maximum Gasteiger partial charge on any atom is 0.247 e. The molecule has 2 saturated heterocycles. The molecule has 43 heavy (non-hydrogen) atoms.